The Morgan fingerprint density at radius 2 is 2.17 bits per heavy atom. The molecule has 0 radical (unpaired) electrons. The van der Waals surface area contributed by atoms with Gasteiger partial charge in [0.2, 0.25) is 11.7 Å². The molecule has 0 aliphatic rings. The number of aromatic nitrogens is 2. The zero-order valence-corrected chi connectivity index (χ0v) is 11.0. The maximum Gasteiger partial charge on any atom is 0.243 e. The van der Waals surface area contributed by atoms with Crippen LogP contribution in [0.25, 0.3) is 11.4 Å². The van der Waals surface area contributed by atoms with E-state index in [-0.39, 0.29) is 22.2 Å². The number of hydrogen-bond acceptors (Lipinski definition) is 4. The van der Waals surface area contributed by atoms with Crippen LogP contribution in [0.15, 0.2) is 21.1 Å². The number of nitrogens with two attached hydrogens (primary N) is 1. The zero-order chi connectivity index (χ0) is 13.3. The molecule has 0 aliphatic heterocycles. The minimum absolute atomic E-state index is 0.0417. The molecule has 0 unspecified atom stereocenters. The second kappa shape index (κ2) is 5.11. The highest BCUT2D eigenvalue weighted by molar-refractivity contribution is 9.10. The molecule has 1 aromatic heterocycles. The van der Waals surface area contributed by atoms with E-state index in [0.717, 1.165) is 6.07 Å². The number of benzene rings is 1. The molecule has 1 aromatic carbocycles. The molecule has 2 aromatic rings. The van der Waals surface area contributed by atoms with Crippen molar-refractivity contribution in [3.8, 4) is 11.4 Å². The summed E-state index contributed by atoms with van der Waals surface area (Å²) in [6.45, 7) is 1.88. The van der Waals surface area contributed by atoms with Gasteiger partial charge in [-0.2, -0.15) is 4.98 Å². The lowest BCUT2D eigenvalue weighted by atomic mass is 10.2. The summed E-state index contributed by atoms with van der Waals surface area (Å²) in [6, 6.07) is 2.01. The molecular weight excluding hydrogens is 308 g/mol. The van der Waals surface area contributed by atoms with E-state index in [1.807, 2.05) is 6.92 Å². The molecule has 1 heterocycles. The maximum absolute atomic E-state index is 13.4. The number of hydrogen-bond donors (Lipinski definition) is 1. The molecule has 2 N–H and O–H groups in total. The SMILES string of the molecule is CC[C@H](N)c1nc(-c2ccc(F)c(F)c2Br)no1. The van der Waals surface area contributed by atoms with Crippen LogP contribution in [0.4, 0.5) is 8.78 Å². The fraction of sp³-hybridized carbons (Fsp3) is 0.273. The van der Waals surface area contributed by atoms with Gasteiger partial charge in [0.25, 0.3) is 0 Å². The highest BCUT2D eigenvalue weighted by Gasteiger charge is 2.18. The van der Waals surface area contributed by atoms with Crippen molar-refractivity contribution in [2.75, 3.05) is 0 Å². The van der Waals surface area contributed by atoms with Crippen LogP contribution in [0.3, 0.4) is 0 Å². The molecule has 96 valence electrons. The van der Waals surface area contributed by atoms with Crippen LogP contribution in [-0.4, -0.2) is 10.1 Å². The van der Waals surface area contributed by atoms with Crippen LogP contribution < -0.4 is 5.73 Å². The molecule has 0 amide bonds. The van der Waals surface area contributed by atoms with E-state index in [9.17, 15) is 8.78 Å². The first-order valence-corrected chi connectivity index (χ1v) is 6.07. The van der Waals surface area contributed by atoms with Crippen LogP contribution >= 0.6 is 15.9 Å². The quantitative estimate of drug-likeness (QED) is 0.883. The van der Waals surface area contributed by atoms with Crippen molar-refractivity contribution >= 4 is 15.9 Å². The first-order valence-electron chi connectivity index (χ1n) is 5.27. The predicted molar refractivity (Wildman–Crippen MR) is 64.6 cm³/mol. The van der Waals surface area contributed by atoms with Crippen molar-refractivity contribution in [1.29, 1.82) is 0 Å². The number of nitrogens with zero attached hydrogens (tertiary/aromatic N) is 2. The van der Waals surface area contributed by atoms with Crippen LogP contribution in [0, 0.1) is 11.6 Å². The van der Waals surface area contributed by atoms with E-state index in [1.165, 1.54) is 6.07 Å². The van der Waals surface area contributed by atoms with Crippen LogP contribution in [0.1, 0.15) is 25.3 Å². The Bertz CT molecular complexity index is 573. The van der Waals surface area contributed by atoms with Crippen LogP contribution in [0.2, 0.25) is 0 Å². The van der Waals surface area contributed by atoms with Crippen molar-refractivity contribution < 1.29 is 13.3 Å². The lowest BCUT2D eigenvalue weighted by Gasteiger charge is -2.01. The Kier molecular flexibility index (Phi) is 3.72. The molecule has 2 rings (SSSR count). The zero-order valence-electron chi connectivity index (χ0n) is 9.45. The number of halogens is 3. The van der Waals surface area contributed by atoms with Gasteiger partial charge in [-0.3, -0.25) is 0 Å². The molecule has 4 nitrogen and oxygen atoms in total. The van der Waals surface area contributed by atoms with E-state index in [1.54, 1.807) is 0 Å². The van der Waals surface area contributed by atoms with Gasteiger partial charge < -0.3 is 10.3 Å². The Balaban J connectivity index is 2.43. The lowest BCUT2D eigenvalue weighted by molar-refractivity contribution is 0.352. The van der Waals surface area contributed by atoms with Crippen LogP contribution in [-0.2, 0) is 0 Å². The average molecular weight is 318 g/mol. The smallest absolute Gasteiger partial charge is 0.243 e. The van der Waals surface area contributed by atoms with Crippen molar-refractivity contribution in [1.82, 2.24) is 10.1 Å². The second-order valence-electron chi connectivity index (χ2n) is 3.69. The van der Waals surface area contributed by atoms with Gasteiger partial charge in [0, 0.05) is 5.56 Å². The topological polar surface area (TPSA) is 64.9 Å². The van der Waals surface area contributed by atoms with E-state index in [2.05, 4.69) is 26.1 Å². The predicted octanol–water partition coefficient (Wildman–Crippen LogP) is 3.19. The second-order valence-corrected chi connectivity index (χ2v) is 4.49. The summed E-state index contributed by atoms with van der Waals surface area (Å²) in [6.07, 6.45) is 0.639. The Morgan fingerprint density at radius 1 is 1.44 bits per heavy atom. The fourth-order valence-electron chi connectivity index (χ4n) is 1.37. The Labute approximate surface area is 110 Å². The highest BCUT2D eigenvalue weighted by atomic mass is 79.9. The molecule has 0 saturated carbocycles. The molecular formula is C11H10BrF2N3O. The summed E-state index contributed by atoms with van der Waals surface area (Å²) in [5.41, 5.74) is 6.05. The standard InChI is InChI=1S/C11H10BrF2N3O/c1-2-7(15)11-16-10(17-18-11)5-3-4-6(13)9(14)8(5)12/h3-4,7H,2,15H2,1H3/t7-/m0/s1. The third-order valence-corrected chi connectivity index (χ3v) is 3.25. The molecule has 18 heavy (non-hydrogen) atoms. The monoisotopic (exact) mass is 317 g/mol. The fourth-order valence-corrected chi connectivity index (χ4v) is 1.87. The van der Waals surface area contributed by atoms with Crippen LogP contribution in [0.5, 0.6) is 0 Å². The molecule has 7 heteroatoms. The van der Waals surface area contributed by atoms with E-state index in [4.69, 9.17) is 10.3 Å². The van der Waals surface area contributed by atoms with Gasteiger partial charge in [0.15, 0.2) is 11.6 Å². The Morgan fingerprint density at radius 3 is 2.83 bits per heavy atom. The number of rotatable bonds is 3. The molecule has 0 saturated heterocycles. The summed E-state index contributed by atoms with van der Waals surface area (Å²) in [4.78, 5) is 4.06. The average Bonchev–Trinajstić information content (AvgIpc) is 2.84. The molecule has 1 atom stereocenters. The van der Waals surface area contributed by atoms with Crippen molar-refractivity contribution in [3.05, 3.63) is 34.1 Å². The van der Waals surface area contributed by atoms with Gasteiger partial charge in [0.1, 0.15) is 0 Å². The van der Waals surface area contributed by atoms with E-state index >= 15 is 0 Å². The summed E-state index contributed by atoms with van der Waals surface area (Å²) in [5, 5.41) is 3.70. The first kappa shape index (κ1) is 13.1. The molecule has 0 bridgehead atoms. The van der Waals surface area contributed by atoms with Gasteiger partial charge in [-0.15, -0.1) is 0 Å². The van der Waals surface area contributed by atoms with Crippen molar-refractivity contribution in [3.63, 3.8) is 0 Å². The third-order valence-electron chi connectivity index (χ3n) is 2.47. The third kappa shape index (κ3) is 2.28. The largest absolute Gasteiger partial charge is 0.337 e. The van der Waals surface area contributed by atoms with Gasteiger partial charge in [0.05, 0.1) is 10.5 Å². The van der Waals surface area contributed by atoms with Gasteiger partial charge in [-0.1, -0.05) is 12.1 Å². The van der Waals surface area contributed by atoms with Gasteiger partial charge in [-0.25, -0.2) is 8.78 Å². The van der Waals surface area contributed by atoms with Crippen molar-refractivity contribution in [2.24, 2.45) is 5.73 Å². The van der Waals surface area contributed by atoms with E-state index < -0.39 is 11.6 Å². The molecule has 0 fully saturated rings. The Hall–Kier alpha value is -1.34. The molecule has 0 spiro atoms. The minimum atomic E-state index is -0.987. The van der Waals surface area contributed by atoms with Gasteiger partial charge in [-0.05, 0) is 34.5 Å². The summed E-state index contributed by atoms with van der Waals surface area (Å²) < 4.78 is 31.3. The minimum Gasteiger partial charge on any atom is -0.337 e. The molecule has 0 aliphatic carbocycles. The highest BCUT2D eigenvalue weighted by Crippen LogP contribution is 2.30. The first-order chi connectivity index (χ1) is 8.54. The summed E-state index contributed by atoms with van der Waals surface area (Å²) >= 11 is 2.96. The van der Waals surface area contributed by atoms with Gasteiger partial charge >= 0.3 is 0 Å². The lowest BCUT2D eigenvalue weighted by Crippen LogP contribution is -2.08. The van der Waals surface area contributed by atoms with E-state index in [0.29, 0.717) is 12.0 Å². The normalized spacial score (nSPS) is 12.7. The van der Waals surface area contributed by atoms with Crippen molar-refractivity contribution in [2.45, 2.75) is 19.4 Å². The maximum atomic E-state index is 13.4. The summed E-state index contributed by atoms with van der Waals surface area (Å²) in [5.74, 6) is -1.50. The summed E-state index contributed by atoms with van der Waals surface area (Å²) in [7, 11) is 0.